The molecule has 2 heterocycles. The van der Waals surface area contributed by atoms with Gasteiger partial charge in [-0.3, -0.25) is 9.59 Å². The SMILES string of the molecule is Cc1ccc(S(=O)(=O)N2CCOCC2)cc1NC(=O)C1CC(=O)N(C2CCCC2)C1. The summed E-state index contributed by atoms with van der Waals surface area (Å²) >= 11 is 0. The van der Waals surface area contributed by atoms with Gasteiger partial charge in [0.05, 0.1) is 24.0 Å². The van der Waals surface area contributed by atoms with E-state index in [2.05, 4.69) is 5.32 Å². The molecule has 164 valence electrons. The molecule has 0 aromatic heterocycles. The molecule has 1 aromatic rings. The molecule has 0 spiro atoms. The maximum atomic E-state index is 12.9. The number of hydrogen-bond acceptors (Lipinski definition) is 5. The number of sulfonamides is 1. The van der Waals surface area contributed by atoms with Gasteiger partial charge in [0.1, 0.15) is 0 Å². The molecule has 2 saturated heterocycles. The number of carbonyl (C=O) groups excluding carboxylic acids is 2. The van der Waals surface area contributed by atoms with E-state index in [1.165, 1.54) is 10.4 Å². The quantitative estimate of drug-likeness (QED) is 0.760. The minimum Gasteiger partial charge on any atom is -0.379 e. The van der Waals surface area contributed by atoms with Crippen LogP contribution in [-0.2, 0) is 24.3 Å². The zero-order valence-corrected chi connectivity index (χ0v) is 18.1. The first kappa shape index (κ1) is 21.3. The lowest BCUT2D eigenvalue weighted by atomic mass is 10.1. The number of benzene rings is 1. The Morgan fingerprint density at radius 3 is 2.57 bits per heavy atom. The van der Waals surface area contributed by atoms with E-state index in [1.807, 2.05) is 11.8 Å². The topological polar surface area (TPSA) is 96.0 Å². The van der Waals surface area contributed by atoms with Gasteiger partial charge in [-0.25, -0.2) is 8.42 Å². The average molecular weight is 436 g/mol. The van der Waals surface area contributed by atoms with Gasteiger partial charge in [0.15, 0.2) is 0 Å². The number of amides is 2. The van der Waals surface area contributed by atoms with Gasteiger partial charge in [-0.05, 0) is 37.5 Å². The predicted molar refractivity (Wildman–Crippen MR) is 111 cm³/mol. The molecule has 2 aliphatic heterocycles. The third-order valence-corrected chi connectivity index (χ3v) is 8.26. The Bertz CT molecular complexity index is 921. The molecule has 0 radical (unpaired) electrons. The van der Waals surface area contributed by atoms with Crippen molar-refractivity contribution < 1.29 is 22.7 Å². The molecule has 1 aliphatic carbocycles. The van der Waals surface area contributed by atoms with Crippen molar-refractivity contribution in [1.29, 1.82) is 0 Å². The Hall–Kier alpha value is -1.97. The van der Waals surface area contributed by atoms with Crippen LogP contribution in [-0.4, -0.2) is 68.3 Å². The lowest BCUT2D eigenvalue weighted by Gasteiger charge is -2.26. The summed E-state index contributed by atoms with van der Waals surface area (Å²) in [5.74, 6) is -0.590. The number of anilines is 1. The predicted octanol–water partition coefficient (Wildman–Crippen LogP) is 1.75. The van der Waals surface area contributed by atoms with Gasteiger partial charge in [-0.2, -0.15) is 4.31 Å². The third-order valence-electron chi connectivity index (χ3n) is 6.37. The van der Waals surface area contributed by atoms with E-state index in [0.29, 0.717) is 38.5 Å². The molecule has 8 nitrogen and oxygen atoms in total. The summed E-state index contributed by atoms with van der Waals surface area (Å²) in [6, 6.07) is 5.05. The van der Waals surface area contributed by atoms with Crippen LogP contribution in [0, 0.1) is 12.8 Å². The minimum absolute atomic E-state index is 0.0439. The Kier molecular flexibility index (Phi) is 6.13. The Labute approximate surface area is 177 Å². The zero-order chi connectivity index (χ0) is 21.3. The summed E-state index contributed by atoms with van der Waals surface area (Å²) in [6.45, 7) is 3.66. The highest BCUT2D eigenvalue weighted by Crippen LogP contribution is 2.30. The first-order valence-corrected chi connectivity index (χ1v) is 12.1. The second kappa shape index (κ2) is 8.64. The second-order valence-corrected chi connectivity index (χ2v) is 10.3. The molecule has 30 heavy (non-hydrogen) atoms. The van der Waals surface area contributed by atoms with Crippen LogP contribution < -0.4 is 5.32 Å². The monoisotopic (exact) mass is 435 g/mol. The smallest absolute Gasteiger partial charge is 0.243 e. The molecule has 1 atom stereocenters. The molecule has 3 aliphatic rings. The Balaban J connectivity index is 1.47. The number of nitrogens with one attached hydrogen (secondary N) is 1. The van der Waals surface area contributed by atoms with Crippen molar-refractivity contribution in [3.63, 3.8) is 0 Å². The first-order chi connectivity index (χ1) is 14.4. The van der Waals surface area contributed by atoms with E-state index in [4.69, 9.17) is 4.74 Å². The molecule has 1 N–H and O–H groups in total. The fourth-order valence-electron chi connectivity index (χ4n) is 4.54. The van der Waals surface area contributed by atoms with Gasteiger partial charge in [-0.1, -0.05) is 18.9 Å². The number of rotatable bonds is 5. The van der Waals surface area contributed by atoms with Crippen molar-refractivity contribution in [2.75, 3.05) is 38.2 Å². The number of aryl methyl sites for hydroxylation is 1. The summed E-state index contributed by atoms with van der Waals surface area (Å²) in [5.41, 5.74) is 1.25. The molecule has 0 bridgehead atoms. The molecule has 2 amide bonds. The number of nitrogens with zero attached hydrogens (tertiary/aromatic N) is 2. The summed E-state index contributed by atoms with van der Waals surface area (Å²) in [7, 11) is -3.65. The van der Waals surface area contributed by atoms with Crippen LogP contribution >= 0.6 is 0 Å². The summed E-state index contributed by atoms with van der Waals surface area (Å²) in [5, 5.41) is 2.87. The fourth-order valence-corrected chi connectivity index (χ4v) is 5.98. The molecule has 9 heteroatoms. The highest BCUT2D eigenvalue weighted by atomic mass is 32.2. The summed E-state index contributed by atoms with van der Waals surface area (Å²) in [6.07, 6.45) is 4.51. The van der Waals surface area contributed by atoms with Gasteiger partial charge in [-0.15, -0.1) is 0 Å². The van der Waals surface area contributed by atoms with E-state index in [1.54, 1.807) is 12.1 Å². The largest absolute Gasteiger partial charge is 0.379 e. The molecule has 4 rings (SSSR count). The zero-order valence-electron chi connectivity index (χ0n) is 17.3. The molecular weight excluding hydrogens is 406 g/mol. The number of ether oxygens (including phenoxy) is 1. The van der Waals surface area contributed by atoms with Crippen LogP contribution in [0.25, 0.3) is 0 Å². The minimum atomic E-state index is -3.65. The van der Waals surface area contributed by atoms with Crippen molar-refractivity contribution in [3.8, 4) is 0 Å². The third kappa shape index (κ3) is 4.24. The first-order valence-electron chi connectivity index (χ1n) is 10.6. The molecule has 1 aromatic carbocycles. The number of hydrogen-bond donors (Lipinski definition) is 1. The standard InChI is InChI=1S/C21H29N3O5S/c1-15-6-7-18(30(27,28)23-8-10-29-11-9-23)13-19(15)22-21(26)16-12-20(25)24(14-16)17-4-2-3-5-17/h6-7,13,16-17H,2-5,8-12,14H2,1H3,(H,22,26). The van der Waals surface area contributed by atoms with Gasteiger partial charge in [0, 0.05) is 37.8 Å². The van der Waals surface area contributed by atoms with Crippen LogP contribution in [0.5, 0.6) is 0 Å². The van der Waals surface area contributed by atoms with Gasteiger partial charge < -0.3 is 15.0 Å². The van der Waals surface area contributed by atoms with Crippen LogP contribution in [0.3, 0.4) is 0 Å². The van der Waals surface area contributed by atoms with Crippen LogP contribution in [0.1, 0.15) is 37.7 Å². The molecular formula is C21H29N3O5S. The number of carbonyl (C=O) groups is 2. The number of likely N-dealkylation sites (tertiary alicyclic amines) is 1. The Morgan fingerprint density at radius 2 is 1.87 bits per heavy atom. The second-order valence-electron chi connectivity index (χ2n) is 8.37. The van der Waals surface area contributed by atoms with E-state index >= 15 is 0 Å². The van der Waals surface area contributed by atoms with Gasteiger partial charge in [0.25, 0.3) is 0 Å². The summed E-state index contributed by atoms with van der Waals surface area (Å²) < 4.78 is 32.5. The van der Waals surface area contributed by atoms with Crippen molar-refractivity contribution in [2.24, 2.45) is 5.92 Å². The van der Waals surface area contributed by atoms with Crippen molar-refractivity contribution in [2.45, 2.75) is 50.0 Å². The normalized spacial score (nSPS) is 23.8. The molecule has 3 fully saturated rings. The van der Waals surface area contributed by atoms with Crippen LogP contribution in [0.15, 0.2) is 23.1 Å². The lowest BCUT2D eigenvalue weighted by molar-refractivity contribution is -0.129. The van der Waals surface area contributed by atoms with E-state index in [0.717, 1.165) is 31.2 Å². The maximum absolute atomic E-state index is 12.9. The van der Waals surface area contributed by atoms with Crippen LogP contribution in [0.2, 0.25) is 0 Å². The maximum Gasteiger partial charge on any atom is 0.243 e. The lowest BCUT2D eigenvalue weighted by Crippen LogP contribution is -2.40. The Morgan fingerprint density at radius 1 is 1.17 bits per heavy atom. The average Bonchev–Trinajstić information content (AvgIpc) is 3.39. The van der Waals surface area contributed by atoms with E-state index in [9.17, 15) is 18.0 Å². The fraction of sp³-hybridized carbons (Fsp3) is 0.619. The van der Waals surface area contributed by atoms with Crippen molar-refractivity contribution >= 4 is 27.5 Å². The van der Waals surface area contributed by atoms with E-state index in [-0.39, 0.29) is 29.2 Å². The molecule has 1 saturated carbocycles. The van der Waals surface area contributed by atoms with E-state index < -0.39 is 15.9 Å². The van der Waals surface area contributed by atoms with Gasteiger partial charge >= 0.3 is 0 Å². The van der Waals surface area contributed by atoms with Gasteiger partial charge in [0.2, 0.25) is 21.8 Å². The summed E-state index contributed by atoms with van der Waals surface area (Å²) in [4.78, 5) is 27.3. The van der Waals surface area contributed by atoms with Crippen LogP contribution in [0.4, 0.5) is 5.69 Å². The van der Waals surface area contributed by atoms with Crippen molar-refractivity contribution in [1.82, 2.24) is 9.21 Å². The van der Waals surface area contributed by atoms with Crippen molar-refractivity contribution in [3.05, 3.63) is 23.8 Å². The highest BCUT2D eigenvalue weighted by molar-refractivity contribution is 7.89. The highest BCUT2D eigenvalue weighted by Gasteiger charge is 2.38. The number of morpholine rings is 1. The molecule has 1 unspecified atom stereocenters.